The van der Waals surface area contributed by atoms with Gasteiger partial charge in [-0.3, -0.25) is 4.79 Å². The lowest BCUT2D eigenvalue weighted by Gasteiger charge is -2.21. The van der Waals surface area contributed by atoms with Gasteiger partial charge in [-0.05, 0) is 12.5 Å². The van der Waals surface area contributed by atoms with Gasteiger partial charge in [0.2, 0.25) is 0 Å². The number of ether oxygens (including phenoxy) is 1. The molecule has 0 radical (unpaired) electrons. The molecule has 0 aromatic rings. The summed E-state index contributed by atoms with van der Waals surface area (Å²) in [6.07, 6.45) is 6.61. The molecule has 0 aromatic carbocycles. The highest BCUT2D eigenvalue weighted by atomic mass is 16.5. The zero-order valence-corrected chi connectivity index (χ0v) is 8.82. The van der Waals surface area contributed by atoms with Crippen molar-refractivity contribution < 1.29 is 14.6 Å². The van der Waals surface area contributed by atoms with E-state index in [1.807, 2.05) is 0 Å². The molecule has 1 N–H and O–H groups in total. The quantitative estimate of drug-likeness (QED) is 0.553. The van der Waals surface area contributed by atoms with Crippen LogP contribution in [0, 0.1) is 0 Å². The predicted molar refractivity (Wildman–Crippen MR) is 53.8 cm³/mol. The van der Waals surface area contributed by atoms with E-state index in [0.29, 0.717) is 6.42 Å². The highest BCUT2D eigenvalue weighted by Crippen LogP contribution is 2.29. The predicted octanol–water partition coefficient (Wildman–Crippen LogP) is 1.80. The van der Waals surface area contributed by atoms with E-state index in [9.17, 15) is 9.90 Å². The molecule has 2 atom stereocenters. The van der Waals surface area contributed by atoms with Gasteiger partial charge in [-0.25, -0.2) is 0 Å². The molecule has 3 heteroatoms. The molecule has 0 saturated carbocycles. The number of rotatable bonds is 4. The monoisotopic (exact) mass is 198 g/mol. The second-order valence-electron chi connectivity index (χ2n) is 3.92. The van der Waals surface area contributed by atoms with E-state index in [4.69, 9.17) is 4.74 Å². The number of unbranched alkanes of at least 4 members (excludes halogenated alkanes) is 1. The van der Waals surface area contributed by atoms with E-state index in [1.54, 1.807) is 12.2 Å². The summed E-state index contributed by atoms with van der Waals surface area (Å²) < 4.78 is 5.00. The lowest BCUT2D eigenvalue weighted by Crippen LogP contribution is -2.26. The van der Waals surface area contributed by atoms with E-state index in [2.05, 4.69) is 6.92 Å². The van der Waals surface area contributed by atoms with Gasteiger partial charge in [-0.1, -0.05) is 25.8 Å². The first-order chi connectivity index (χ1) is 6.56. The Morgan fingerprint density at radius 2 is 2.43 bits per heavy atom. The van der Waals surface area contributed by atoms with E-state index < -0.39 is 5.60 Å². The van der Waals surface area contributed by atoms with Gasteiger partial charge in [0.1, 0.15) is 6.10 Å². The van der Waals surface area contributed by atoms with Crippen molar-refractivity contribution in [3.05, 3.63) is 12.2 Å². The average Bonchev–Trinajstić information content (AvgIpc) is 2.44. The zero-order chi connectivity index (χ0) is 10.6. The molecule has 1 rings (SSSR count). The highest BCUT2D eigenvalue weighted by molar-refractivity contribution is 5.66. The summed E-state index contributed by atoms with van der Waals surface area (Å²) in [4.78, 5) is 10.7. The average molecular weight is 198 g/mol. The van der Waals surface area contributed by atoms with Crippen LogP contribution in [0.25, 0.3) is 0 Å². The maximum Gasteiger partial charge on any atom is 0.303 e. The molecule has 0 aromatic heterocycles. The van der Waals surface area contributed by atoms with Crippen molar-refractivity contribution in [1.82, 2.24) is 0 Å². The highest BCUT2D eigenvalue weighted by Gasteiger charge is 2.32. The number of carbonyl (C=O) groups is 1. The minimum Gasteiger partial charge on any atom is -0.458 e. The van der Waals surface area contributed by atoms with Gasteiger partial charge in [-0.2, -0.15) is 0 Å². The molecule has 0 heterocycles. The van der Waals surface area contributed by atoms with Gasteiger partial charge in [0, 0.05) is 13.3 Å². The Morgan fingerprint density at radius 1 is 1.71 bits per heavy atom. The number of esters is 1. The number of carbonyl (C=O) groups excluding carboxylic acids is 1. The molecule has 0 fully saturated rings. The van der Waals surface area contributed by atoms with Crippen LogP contribution < -0.4 is 0 Å². The third-order valence-electron chi connectivity index (χ3n) is 2.46. The maximum atomic E-state index is 10.7. The summed E-state index contributed by atoms with van der Waals surface area (Å²) in [7, 11) is 0. The second-order valence-corrected chi connectivity index (χ2v) is 3.92. The third kappa shape index (κ3) is 3.14. The van der Waals surface area contributed by atoms with E-state index in [-0.39, 0.29) is 12.1 Å². The van der Waals surface area contributed by atoms with E-state index >= 15 is 0 Å². The Hall–Kier alpha value is -0.830. The number of hydrogen-bond acceptors (Lipinski definition) is 3. The Morgan fingerprint density at radius 3 is 3.00 bits per heavy atom. The van der Waals surface area contributed by atoms with Crippen molar-refractivity contribution in [1.29, 1.82) is 0 Å². The fraction of sp³-hybridized carbons (Fsp3) is 0.727. The Labute approximate surface area is 84.8 Å². The lowest BCUT2D eigenvalue weighted by atomic mass is 9.96. The molecule has 0 saturated heterocycles. The molecule has 80 valence electrons. The summed E-state index contributed by atoms with van der Waals surface area (Å²) in [5, 5.41) is 10.0. The van der Waals surface area contributed by atoms with Crippen LogP contribution in [-0.4, -0.2) is 22.8 Å². The maximum absolute atomic E-state index is 10.7. The molecular weight excluding hydrogens is 180 g/mol. The summed E-state index contributed by atoms with van der Waals surface area (Å²) in [5.41, 5.74) is -0.754. The molecule has 1 aliphatic carbocycles. The van der Waals surface area contributed by atoms with Crippen LogP contribution in [0.4, 0.5) is 0 Å². The van der Waals surface area contributed by atoms with Gasteiger partial charge in [0.15, 0.2) is 0 Å². The minimum absolute atomic E-state index is 0.241. The van der Waals surface area contributed by atoms with Crippen LogP contribution in [-0.2, 0) is 9.53 Å². The van der Waals surface area contributed by atoms with Gasteiger partial charge in [-0.15, -0.1) is 0 Å². The zero-order valence-electron chi connectivity index (χ0n) is 8.82. The van der Waals surface area contributed by atoms with Crippen LogP contribution in [0.15, 0.2) is 12.2 Å². The van der Waals surface area contributed by atoms with Crippen molar-refractivity contribution >= 4 is 5.97 Å². The molecule has 0 bridgehead atoms. The molecule has 0 amide bonds. The Kier molecular flexibility index (Phi) is 3.69. The summed E-state index contributed by atoms with van der Waals surface area (Å²) >= 11 is 0. The lowest BCUT2D eigenvalue weighted by molar-refractivity contribution is -0.145. The van der Waals surface area contributed by atoms with Crippen molar-refractivity contribution in [3.63, 3.8) is 0 Å². The molecule has 0 spiro atoms. The van der Waals surface area contributed by atoms with Crippen molar-refractivity contribution in [2.45, 2.75) is 51.2 Å². The number of hydrogen-bond donors (Lipinski definition) is 1. The van der Waals surface area contributed by atoms with Gasteiger partial charge < -0.3 is 9.84 Å². The van der Waals surface area contributed by atoms with Crippen molar-refractivity contribution in [3.8, 4) is 0 Å². The summed E-state index contributed by atoms with van der Waals surface area (Å²) in [6.45, 7) is 3.48. The van der Waals surface area contributed by atoms with Gasteiger partial charge >= 0.3 is 5.97 Å². The van der Waals surface area contributed by atoms with Crippen LogP contribution >= 0.6 is 0 Å². The Balaban J connectivity index is 2.40. The summed E-state index contributed by atoms with van der Waals surface area (Å²) in [6, 6.07) is 0. The van der Waals surface area contributed by atoms with Gasteiger partial charge in [0.25, 0.3) is 0 Å². The fourth-order valence-corrected chi connectivity index (χ4v) is 1.73. The normalized spacial score (nSPS) is 30.6. The molecule has 0 aliphatic heterocycles. The van der Waals surface area contributed by atoms with Crippen molar-refractivity contribution in [2.75, 3.05) is 0 Å². The SMILES string of the molecule is CCCC[C@@]1(O)C=C[C@H](OC(C)=O)C1. The molecule has 14 heavy (non-hydrogen) atoms. The van der Waals surface area contributed by atoms with E-state index in [1.165, 1.54) is 6.92 Å². The second kappa shape index (κ2) is 4.60. The molecular formula is C11H18O3. The van der Waals surface area contributed by atoms with Crippen molar-refractivity contribution in [2.24, 2.45) is 0 Å². The van der Waals surface area contributed by atoms with E-state index in [0.717, 1.165) is 19.3 Å². The van der Waals surface area contributed by atoms with Gasteiger partial charge in [0.05, 0.1) is 5.60 Å². The molecule has 1 aliphatic rings. The Bertz CT molecular complexity index is 235. The summed E-state index contributed by atoms with van der Waals surface area (Å²) in [5.74, 6) is -0.292. The fourth-order valence-electron chi connectivity index (χ4n) is 1.73. The largest absolute Gasteiger partial charge is 0.458 e. The third-order valence-corrected chi connectivity index (χ3v) is 2.46. The van der Waals surface area contributed by atoms with Crippen LogP contribution in [0.1, 0.15) is 39.5 Å². The van der Waals surface area contributed by atoms with Crippen LogP contribution in [0.5, 0.6) is 0 Å². The standard InChI is InChI=1S/C11H18O3/c1-3-4-6-11(13)7-5-10(8-11)14-9(2)12/h5,7,10,13H,3-4,6,8H2,1-2H3/t10-,11+/m0/s1. The topological polar surface area (TPSA) is 46.5 Å². The van der Waals surface area contributed by atoms with Crippen LogP contribution in [0.2, 0.25) is 0 Å². The first kappa shape index (κ1) is 11.2. The first-order valence-electron chi connectivity index (χ1n) is 5.15. The molecule has 3 nitrogen and oxygen atoms in total. The molecule has 0 unspecified atom stereocenters. The smallest absolute Gasteiger partial charge is 0.303 e. The first-order valence-corrected chi connectivity index (χ1v) is 5.15. The minimum atomic E-state index is -0.754. The number of aliphatic hydroxyl groups is 1. The van der Waals surface area contributed by atoms with Crippen LogP contribution in [0.3, 0.4) is 0 Å².